The smallest absolute Gasteiger partial charge is 0.274 e. The Balaban J connectivity index is 1.81. The van der Waals surface area contributed by atoms with Crippen molar-refractivity contribution in [2.24, 2.45) is 7.05 Å². The van der Waals surface area contributed by atoms with Crippen molar-refractivity contribution in [2.75, 3.05) is 6.54 Å². The first-order chi connectivity index (χ1) is 8.24. The minimum atomic E-state index is -0.0224. The topological polar surface area (TPSA) is 66.8 Å². The maximum Gasteiger partial charge on any atom is 0.274 e. The van der Waals surface area contributed by atoms with Crippen LogP contribution in [0.15, 0.2) is 18.9 Å². The van der Waals surface area contributed by atoms with Crippen LogP contribution in [0.4, 0.5) is 0 Å². The third-order valence-corrected chi connectivity index (χ3v) is 2.99. The minimum Gasteiger partial charge on any atom is -0.347 e. The van der Waals surface area contributed by atoms with E-state index >= 15 is 0 Å². The van der Waals surface area contributed by atoms with Gasteiger partial charge in [-0.3, -0.25) is 4.79 Å². The monoisotopic (exact) mass is 231 g/mol. The SMILES string of the molecule is Cn1cnc(C(=O)N2CCc3nc[nH]c3C2)c1. The highest BCUT2D eigenvalue weighted by Crippen LogP contribution is 2.16. The number of hydrogen-bond acceptors (Lipinski definition) is 3. The van der Waals surface area contributed by atoms with Crippen LogP contribution in [0.3, 0.4) is 0 Å². The lowest BCUT2D eigenvalue weighted by molar-refractivity contribution is 0.0726. The predicted octanol–water partition coefficient (Wildman–Crippen LogP) is 0.342. The quantitative estimate of drug-likeness (QED) is 0.769. The molecule has 0 bridgehead atoms. The number of H-pyrrole nitrogens is 1. The summed E-state index contributed by atoms with van der Waals surface area (Å²) in [5.41, 5.74) is 2.59. The summed E-state index contributed by atoms with van der Waals surface area (Å²) >= 11 is 0. The lowest BCUT2D eigenvalue weighted by Gasteiger charge is -2.25. The summed E-state index contributed by atoms with van der Waals surface area (Å²) in [4.78, 5) is 25.3. The number of nitrogens with zero attached hydrogens (tertiary/aromatic N) is 4. The van der Waals surface area contributed by atoms with Crippen molar-refractivity contribution in [3.8, 4) is 0 Å². The second-order valence-corrected chi connectivity index (χ2v) is 4.23. The standard InChI is InChI=1S/C11H13N5O/c1-15-4-10(14-7-15)11(17)16-3-2-8-9(5-16)13-6-12-8/h4,6-7H,2-3,5H2,1H3,(H,12,13). The van der Waals surface area contributed by atoms with Crippen molar-refractivity contribution in [1.82, 2.24) is 24.4 Å². The molecule has 3 heterocycles. The van der Waals surface area contributed by atoms with Crippen LogP contribution in [0.5, 0.6) is 0 Å². The number of fused-ring (bicyclic) bond motifs is 1. The van der Waals surface area contributed by atoms with Gasteiger partial charge in [0, 0.05) is 26.2 Å². The van der Waals surface area contributed by atoms with Gasteiger partial charge in [-0.1, -0.05) is 0 Å². The molecule has 0 saturated heterocycles. The third kappa shape index (κ3) is 1.71. The number of aryl methyl sites for hydroxylation is 1. The summed E-state index contributed by atoms with van der Waals surface area (Å²) < 4.78 is 1.78. The van der Waals surface area contributed by atoms with E-state index in [1.165, 1.54) is 0 Å². The summed E-state index contributed by atoms with van der Waals surface area (Å²) in [5, 5.41) is 0. The van der Waals surface area contributed by atoms with Gasteiger partial charge in [-0.2, -0.15) is 0 Å². The highest BCUT2D eigenvalue weighted by atomic mass is 16.2. The second-order valence-electron chi connectivity index (χ2n) is 4.23. The Morgan fingerprint density at radius 3 is 3.12 bits per heavy atom. The summed E-state index contributed by atoms with van der Waals surface area (Å²) in [5.74, 6) is -0.0224. The molecule has 0 spiro atoms. The van der Waals surface area contributed by atoms with E-state index in [2.05, 4.69) is 15.0 Å². The van der Waals surface area contributed by atoms with E-state index in [1.807, 2.05) is 7.05 Å². The molecule has 0 radical (unpaired) electrons. The number of aromatic amines is 1. The number of nitrogens with one attached hydrogen (secondary N) is 1. The Morgan fingerprint density at radius 2 is 2.35 bits per heavy atom. The number of rotatable bonds is 1. The molecule has 1 amide bonds. The molecule has 0 fully saturated rings. The van der Waals surface area contributed by atoms with Gasteiger partial charge in [0.05, 0.1) is 30.6 Å². The van der Waals surface area contributed by atoms with Crippen molar-refractivity contribution in [3.63, 3.8) is 0 Å². The van der Waals surface area contributed by atoms with Crippen molar-refractivity contribution in [2.45, 2.75) is 13.0 Å². The molecule has 0 aliphatic carbocycles. The fourth-order valence-electron chi connectivity index (χ4n) is 2.07. The van der Waals surface area contributed by atoms with Gasteiger partial charge >= 0.3 is 0 Å². The predicted molar refractivity (Wildman–Crippen MR) is 60.2 cm³/mol. The number of carbonyl (C=O) groups excluding carboxylic acids is 1. The average Bonchev–Trinajstić information content (AvgIpc) is 2.95. The van der Waals surface area contributed by atoms with Crippen LogP contribution >= 0.6 is 0 Å². The molecule has 17 heavy (non-hydrogen) atoms. The van der Waals surface area contributed by atoms with Crippen molar-refractivity contribution >= 4 is 5.91 Å². The molecule has 3 rings (SSSR count). The molecule has 6 heteroatoms. The van der Waals surface area contributed by atoms with Gasteiger partial charge in [0.25, 0.3) is 5.91 Å². The van der Waals surface area contributed by atoms with Gasteiger partial charge in [0.1, 0.15) is 5.69 Å². The molecule has 1 aliphatic heterocycles. The van der Waals surface area contributed by atoms with E-state index in [0.29, 0.717) is 18.8 Å². The minimum absolute atomic E-state index is 0.0224. The average molecular weight is 231 g/mol. The first-order valence-corrected chi connectivity index (χ1v) is 5.52. The molecule has 1 N–H and O–H groups in total. The highest BCUT2D eigenvalue weighted by molar-refractivity contribution is 5.92. The van der Waals surface area contributed by atoms with E-state index in [1.54, 1.807) is 28.3 Å². The molecule has 1 aliphatic rings. The van der Waals surface area contributed by atoms with E-state index < -0.39 is 0 Å². The van der Waals surface area contributed by atoms with Gasteiger partial charge in [-0.15, -0.1) is 0 Å². The molecule has 0 saturated carbocycles. The Kier molecular flexibility index (Phi) is 2.21. The van der Waals surface area contributed by atoms with Crippen LogP contribution in [0.25, 0.3) is 0 Å². The second kappa shape index (κ2) is 3.73. The van der Waals surface area contributed by atoms with Crippen LogP contribution in [-0.4, -0.2) is 36.9 Å². The summed E-state index contributed by atoms with van der Waals surface area (Å²) in [6.45, 7) is 1.29. The number of hydrogen-bond donors (Lipinski definition) is 1. The van der Waals surface area contributed by atoms with Crippen LogP contribution in [-0.2, 0) is 20.0 Å². The number of carbonyl (C=O) groups is 1. The zero-order valence-electron chi connectivity index (χ0n) is 9.55. The van der Waals surface area contributed by atoms with Crippen LogP contribution in [0.2, 0.25) is 0 Å². The van der Waals surface area contributed by atoms with E-state index in [0.717, 1.165) is 17.8 Å². The van der Waals surface area contributed by atoms with Crippen molar-refractivity contribution in [3.05, 3.63) is 35.9 Å². The maximum absolute atomic E-state index is 12.2. The number of aromatic nitrogens is 4. The zero-order valence-corrected chi connectivity index (χ0v) is 9.55. The fourth-order valence-corrected chi connectivity index (χ4v) is 2.07. The third-order valence-electron chi connectivity index (χ3n) is 2.99. The highest BCUT2D eigenvalue weighted by Gasteiger charge is 2.24. The van der Waals surface area contributed by atoms with E-state index in [9.17, 15) is 4.79 Å². The Hall–Kier alpha value is -2.11. The van der Waals surface area contributed by atoms with Crippen molar-refractivity contribution in [1.29, 1.82) is 0 Å². The summed E-state index contributed by atoms with van der Waals surface area (Å²) in [6.07, 6.45) is 5.86. The zero-order chi connectivity index (χ0) is 11.8. The Morgan fingerprint density at radius 1 is 1.47 bits per heavy atom. The van der Waals surface area contributed by atoms with Crippen LogP contribution < -0.4 is 0 Å². The summed E-state index contributed by atoms with van der Waals surface area (Å²) in [6, 6.07) is 0. The van der Waals surface area contributed by atoms with Gasteiger partial charge in [0.2, 0.25) is 0 Å². The normalized spacial score (nSPS) is 14.8. The summed E-state index contributed by atoms with van der Waals surface area (Å²) in [7, 11) is 1.85. The van der Waals surface area contributed by atoms with Gasteiger partial charge < -0.3 is 14.5 Å². The molecule has 88 valence electrons. The Bertz CT molecular complexity index is 556. The van der Waals surface area contributed by atoms with Gasteiger partial charge in [-0.05, 0) is 0 Å². The molecular formula is C11H13N5O. The largest absolute Gasteiger partial charge is 0.347 e. The number of imidazole rings is 2. The molecule has 0 atom stereocenters. The molecule has 0 aromatic carbocycles. The van der Waals surface area contributed by atoms with Crippen LogP contribution in [0, 0.1) is 0 Å². The van der Waals surface area contributed by atoms with E-state index in [-0.39, 0.29) is 5.91 Å². The first-order valence-electron chi connectivity index (χ1n) is 5.52. The molecular weight excluding hydrogens is 218 g/mol. The fraction of sp³-hybridized carbons (Fsp3) is 0.364. The van der Waals surface area contributed by atoms with Crippen molar-refractivity contribution < 1.29 is 4.79 Å². The van der Waals surface area contributed by atoms with Gasteiger partial charge in [-0.25, -0.2) is 9.97 Å². The molecule has 6 nitrogen and oxygen atoms in total. The van der Waals surface area contributed by atoms with E-state index in [4.69, 9.17) is 0 Å². The van der Waals surface area contributed by atoms with Crippen LogP contribution in [0.1, 0.15) is 21.9 Å². The Labute approximate surface area is 98.3 Å². The number of amides is 1. The lowest BCUT2D eigenvalue weighted by Crippen LogP contribution is -2.36. The first kappa shape index (κ1) is 10.1. The van der Waals surface area contributed by atoms with Gasteiger partial charge in [0.15, 0.2) is 0 Å². The molecule has 2 aromatic heterocycles. The lowest BCUT2D eigenvalue weighted by atomic mass is 10.1. The maximum atomic E-state index is 12.2. The molecule has 0 unspecified atom stereocenters. The molecule has 2 aromatic rings.